The highest BCUT2D eigenvalue weighted by molar-refractivity contribution is 5.99. The molecule has 0 aliphatic heterocycles. The van der Waals surface area contributed by atoms with E-state index in [1.807, 2.05) is 91.3 Å². The number of imidazole rings is 1. The Bertz CT molecular complexity index is 1160. The molecule has 0 bridgehead atoms. The smallest absolute Gasteiger partial charge is 0.270 e. The van der Waals surface area contributed by atoms with Crippen LogP contribution in [0, 0.1) is 0 Å². The first-order valence-electron chi connectivity index (χ1n) is 10.7. The van der Waals surface area contributed by atoms with Gasteiger partial charge in [0.25, 0.3) is 5.91 Å². The zero-order chi connectivity index (χ0) is 21.8. The lowest BCUT2D eigenvalue weighted by Gasteiger charge is -2.15. The summed E-state index contributed by atoms with van der Waals surface area (Å²) in [5, 5.41) is 3.15. The number of carbonyl (C=O) groups excluding carboxylic acids is 1. The van der Waals surface area contributed by atoms with Crippen molar-refractivity contribution in [1.29, 1.82) is 0 Å². The van der Waals surface area contributed by atoms with E-state index in [1.165, 1.54) is 5.56 Å². The summed E-state index contributed by atoms with van der Waals surface area (Å²) >= 11 is 0. The van der Waals surface area contributed by atoms with Gasteiger partial charge in [0.2, 0.25) is 0 Å². The molecule has 31 heavy (non-hydrogen) atoms. The number of nitrogens with one attached hydrogen (secondary N) is 1. The van der Waals surface area contributed by atoms with Crippen LogP contribution < -0.4 is 5.32 Å². The largest absolute Gasteiger partial charge is 0.344 e. The van der Waals surface area contributed by atoms with E-state index in [0.717, 1.165) is 28.9 Å². The molecule has 0 aliphatic carbocycles. The van der Waals surface area contributed by atoms with Gasteiger partial charge in [0.1, 0.15) is 17.2 Å². The fourth-order valence-electron chi connectivity index (χ4n) is 3.79. The molecule has 4 nitrogen and oxygen atoms in total. The van der Waals surface area contributed by atoms with Crippen LogP contribution in [0.1, 0.15) is 41.5 Å². The van der Waals surface area contributed by atoms with E-state index in [-0.39, 0.29) is 11.9 Å². The minimum Gasteiger partial charge on any atom is -0.344 e. The highest BCUT2D eigenvalue weighted by atomic mass is 16.2. The van der Waals surface area contributed by atoms with Crippen molar-refractivity contribution in [3.05, 3.63) is 102 Å². The highest BCUT2D eigenvalue weighted by Gasteiger charge is 2.24. The monoisotopic (exact) mass is 409 g/mol. The van der Waals surface area contributed by atoms with Crippen molar-refractivity contribution in [2.45, 2.75) is 26.3 Å². The third-order valence-electron chi connectivity index (χ3n) is 5.62. The Morgan fingerprint density at radius 3 is 2.13 bits per heavy atom. The number of aromatic nitrogens is 2. The maximum atomic E-state index is 13.4. The molecular formula is C27H27N3O. The molecule has 4 rings (SSSR count). The molecule has 4 aromatic rings. The van der Waals surface area contributed by atoms with Crippen molar-refractivity contribution in [2.24, 2.45) is 7.05 Å². The van der Waals surface area contributed by atoms with E-state index in [4.69, 9.17) is 4.98 Å². The minimum atomic E-state index is -0.136. The summed E-state index contributed by atoms with van der Waals surface area (Å²) in [6.07, 6.45) is 0.972. The van der Waals surface area contributed by atoms with Crippen LogP contribution in [0.3, 0.4) is 0 Å². The maximum absolute atomic E-state index is 13.4. The van der Waals surface area contributed by atoms with Gasteiger partial charge < -0.3 is 9.88 Å². The Morgan fingerprint density at radius 1 is 0.903 bits per heavy atom. The molecule has 1 amide bonds. The fraction of sp³-hybridized carbons (Fsp3) is 0.185. The maximum Gasteiger partial charge on any atom is 0.270 e. The van der Waals surface area contributed by atoms with Crippen LogP contribution in [0.4, 0.5) is 0 Å². The molecule has 4 heteroatoms. The molecule has 0 radical (unpaired) electrons. The Balaban J connectivity index is 1.77. The fourth-order valence-corrected chi connectivity index (χ4v) is 3.79. The summed E-state index contributed by atoms with van der Waals surface area (Å²) in [4.78, 5) is 18.3. The number of aryl methyl sites for hydroxylation is 1. The molecule has 0 saturated carbocycles. The third-order valence-corrected chi connectivity index (χ3v) is 5.62. The number of benzene rings is 3. The van der Waals surface area contributed by atoms with Crippen LogP contribution in [0.25, 0.3) is 22.6 Å². The van der Waals surface area contributed by atoms with Gasteiger partial charge in [-0.25, -0.2) is 4.98 Å². The van der Waals surface area contributed by atoms with Crippen LogP contribution >= 0.6 is 0 Å². The van der Waals surface area contributed by atoms with E-state index >= 15 is 0 Å². The number of hydrogen-bond acceptors (Lipinski definition) is 2. The van der Waals surface area contributed by atoms with Crippen molar-refractivity contribution < 1.29 is 4.79 Å². The van der Waals surface area contributed by atoms with E-state index < -0.39 is 0 Å². The van der Waals surface area contributed by atoms with Crippen molar-refractivity contribution in [3.63, 3.8) is 0 Å². The molecule has 0 fully saturated rings. The second-order valence-corrected chi connectivity index (χ2v) is 7.71. The summed E-state index contributed by atoms with van der Waals surface area (Å²) in [6, 6.07) is 28.1. The average molecular weight is 410 g/mol. The number of hydrogen-bond donors (Lipinski definition) is 1. The molecule has 156 valence electrons. The van der Waals surface area contributed by atoms with Crippen LogP contribution in [-0.4, -0.2) is 15.5 Å². The van der Waals surface area contributed by atoms with Gasteiger partial charge in [-0.05, 0) is 24.5 Å². The molecule has 1 unspecified atom stereocenters. The van der Waals surface area contributed by atoms with Gasteiger partial charge in [0.05, 0.1) is 6.04 Å². The van der Waals surface area contributed by atoms with Gasteiger partial charge in [0, 0.05) is 18.2 Å². The highest BCUT2D eigenvalue weighted by Crippen LogP contribution is 2.29. The lowest BCUT2D eigenvalue weighted by Crippen LogP contribution is -2.28. The van der Waals surface area contributed by atoms with E-state index in [0.29, 0.717) is 11.4 Å². The zero-order valence-electron chi connectivity index (χ0n) is 18.2. The first kappa shape index (κ1) is 20.6. The van der Waals surface area contributed by atoms with Crippen LogP contribution in [0.2, 0.25) is 0 Å². The predicted octanol–water partition coefficient (Wildman–Crippen LogP) is 5.81. The summed E-state index contributed by atoms with van der Waals surface area (Å²) in [5.74, 6) is 0.635. The Labute approximate surface area is 183 Å². The zero-order valence-corrected chi connectivity index (χ0v) is 18.2. The summed E-state index contributed by atoms with van der Waals surface area (Å²) in [5.41, 5.74) is 5.49. The number of carbonyl (C=O) groups is 1. The SMILES string of the molecule is CCc1ccc(-c2nc(-c3ccccc3)n(C)c2C(=O)NC(C)c2ccccc2)cc1. The quantitative estimate of drug-likeness (QED) is 0.437. The van der Waals surface area contributed by atoms with Crippen LogP contribution in [0.15, 0.2) is 84.9 Å². The van der Waals surface area contributed by atoms with Crippen LogP contribution in [0.5, 0.6) is 0 Å². The lowest BCUT2D eigenvalue weighted by molar-refractivity contribution is 0.0932. The number of rotatable bonds is 6. The normalized spacial score (nSPS) is 11.8. The molecule has 0 spiro atoms. The Hall–Kier alpha value is -3.66. The molecule has 0 saturated heterocycles. The number of amides is 1. The molecular weight excluding hydrogens is 382 g/mol. The first-order chi connectivity index (χ1) is 15.1. The van der Waals surface area contributed by atoms with Crippen molar-refractivity contribution >= 4 is 5.91 Å². The van der Waals surface area contributed by atoms with Gasteiger partial charge in [0.15, 0.2) is 0 Å². The molecule has 1 atom stereocenters. The van der Waals surface area contributed by atoms with Gasteiger partial charge in [-0.2, -0.15) is 0 Å². The van der Waals surface area contributed by atoms with Gasteiger partial charge in [-0.1, -0.05) is 91.9 Å². The first-order valence-corrected chi connectivity index (χ1v) is 10.7. The van der Waals surface area contributed by atoms with E-state index in [2.05, 4.69) is 24.4 Å². The average Bonchev–Trinajstić information content (AvgIpc) is 3.17. The molecule has 0 aliphatic rings. The summed E-state index contributed by atoms with van der Waals surface area (Å²) in [6.45, 7) is 4.13. The second kappa shape index (κ2) is 9.00. The molecule has 1 N–H and O–H groups in total. The topological polar surface area (TPSA) is 46.9 Å². The molecule has 1 aromatic heterocycles. The standard InChI is InChI=1S/C27H27N3O/c1-4-20-15-17-22(18-16-20)24-25(27(31)28-19(2)21-11-7-5-8-12-21)30(3)26(29-24)23-13-9-6-10-14-23/h5-19H,4H2,1-3H3,(H,28,31). The van der Waals surface area contributed by atoms with Crippen molar-refractivity contribution in [2.75, 3.05) is 0 Å². The van der Waals surface area contributed by atoms with Crippen LogP contribution in [-0.2, 0) is 13.5 Å². The molecule has 3 aromatic carbocycles. The minimum absolute atomic E-state index is 0.112. The number of nitrogens with zero attached hydrogens (tertiary/aromatic N) is 2. The summed E-state index contributed by atoms with van der Waals surface area (Å²) in [7, 11) is 1.90. The van der Waals surface area contributed by atoms with E-state index in [1.54, 1.807) is 0 Å². The third kappa shape index (κ3) is 4.29. The van der Waals surface area contributed by atoms with Gasteiger partial charge >= 0.3 is 0 Å². The van der Waals surface area contributed by atoms with Gasteiger partial charge in [-0.15, -0.1) is 0 Å². The van der Waals surface area contributed by atoms with E-state index in [9.17, 15) is 4.79 Å². The van der Waals surface area contributed by atoms with Crippen molar-refractivity contribution in [1.82, 2.24) is 14.9 Å². The second-order valence-electron chi connectivity index (χ2n) is 7.71. The van der Waals surface area contributed by atoms with Crippen molar-refractivity contribution in [3.8, 4) is 22.6 Å². The Morgan fingerprint density at radius 2 is 1.52 bits per heavy atom. The summed E-state index contributed by atoms with van der Waals surface area (Å²) < 4.78 is 1.89. The predicted molar refractivity (Wildman–Crippen MR) is 126 cm³/mol. The molecule has 1 heterocycles. The Kier molecular flexibility index (Phi) is 5.99. The lowest BCUT2D eigenvalue weighted by atomic mass is 10.1. The van der Waals surface area contributed by atoms with Gasteiger partial charge in [-0.3, -0.25) is 4.79 Å².